The maximum Gasteiger partial charge on any atom is 0.237 e. The summed E-state index contributed by atoms with van der Waals surface area (Å²) in [6, 6.07) is 7.76. The van der Waals surface area contributed by atoms with Crippen molar-refractivity contribution in [1.29, 1.82) is 0 Å². The van der Waals surface area contributed by atoms with E-state index in [4.69, 9.17) is 5.11 Å². The lowest BCUT2D eigenvalue weighted by Crippen LogP contribution is -2.49. The summed E-state index contributed by atoms with van der Waals surface area (Å²) in [6.07, 6.45) is 0. The second-order valence-electron chi connectivity index (χ2n) is 4.66. The third kappa shape index (κ3) is 3.09. The highest BCUT2D eigenvalue weighted by Gasteiger charge is 2.22. The zero-order valence-corrected chi connectivity index (χ0v) is 10.8. The summed E-state index contributed by atoms with van der Waals surface area (Å²) in [4.78, 5) is 16.0. The van der Waals surface area contributed by atoms with E-state index in [0.717, 1.165) is 30.8 Å². The lowest BCUT2D eigenvalue weighted by molar-refractivity contribution is -0.136. The quantitative estimate of drug-likeness (QED) is 0.859. The van der Waals surface area contributed by atoms with Crippen molar-refractivity contribution in [2.45, 2.75) is 20.1 Å². The molecule has 1 saturated heterocycles. The van der Waals surface area contributed by atoms with Crippen LogP contribution in [0.1, 0.15) is 18.1 Å². The molecule has 0 bridgehead atoms. The minimum atomic E-state index is 0.0639. The predicted molar refractivity (Wildman–Crippen MR) is 69.9 cm³/mol. The summed E-state index contributed by atoms with van der Waals surface area (Å²) < 4.78 is 0. The lowest BCUT2D eigenvalue weighted by atomic mass is 10.1. The molecule has 1 aromatic rings. The van der Waals surface area contributed by atoms with Gasteiger partial charge in [-0.15, -0.1) is 0 Å². The number of carbonyl (C=O) groups excluding carboxylic acids is 1. The van der Waals surface area contributed by atoms with Crippen molar-refractivity contribution in [3.05, 3.63) is 35.4 Å². The van der Waals surface area contributed by atoms with E-state index in [1.165, 1.54) is 0 Å². The molecule has 0 spiro atoms. The van der Waals surface area contributed by atoms with Gasteiger partial charge in [-0.2, -0.15) is 0 Å². The minimum Gasteiger partial charge on any atom is -0.392 e. The van der Waals surface area contributed by atoms with E-state index in [1.807, 2.05) is 29.2 Å². The van der Waals surface area contributed by atoms with Crippen molar-refractivity contribution in [2.24, 2.45) is 0 Å². The smallest absolute Gasteiger partial charge is 0.237 e. The van der Waals surface area contributed by atoms with Crippen LogP contribution in [0, 0.1) is 0 Å². The molecule has 1 aromatic carbocycles. The Labute approximate surface area is 108 Å². The summed E-state index contributed by atoms with van der Waals surface area (Å²) >= 11 is 0. The molecule has 1 N–H and O–H groups in total. The largest absolute Gasteiger partial charge is 0.392 e. The number of amides is 1. The molecular formula is C14H20N2O2. The number of rotatable bonds is 4. The number of aliphatic hydroxyl groups excluding tert-OH is 1. The van der Waals surface area contributed by atoms with E-state index in [1.54, 1.807) is 0 Å². The summed E-state index contributed by atoms with van der Waals surface area (Å²) in [5.74, 6) is 0.203. The Morgan fingerprint density at radius 3 is 2.39 bits per heavy atom. The Kier molecular flexibility index (Phi) is 4.33. The van der Waals surface area contributed by atoms with Gasteiger partial charge in [0.15, 0.2) is 0 Å². The first kappa shape index (κ1) is 13.1. The molecule has 18 heavy (non-hydrogen) atoms. The van der Waals surface area contributed by atoms with Gasteiger partial charge < -0.3 is 10.0 Å². The molecule has 0 unspecified atom stereocenters. The number of benzene rings is 1. The van der Waals surface area contributed by atoms with E-state index < -0.39 is 0 Å². The Bertz CT molecular complexity index is 403. The highest BCUT2D eigenvalue weighted by atomic mass is 16.3. The average molecular weight is 248 g/mol. The number of nitrogens with zero attached hydrogens (tertiary/aromatic N) is 2. The first-order valence-corrected chi connectivity index (χ1v) is 6.41. The summed E-state index contributed by atoms with van der Waals surface area (Å²) in [5.41, 5.74) is 2.02. The number of piperazine rings is 1. The standard InChI is InChI=1S/C14H20N2O2/c1-2-15-7-8-16(14(18)10-15)9-12-3-5-13(11-17)6-4-12/h3-6,17H,2,7-11H2,1H3. The van der Waals surface area contributed by atoms with Gasteiger partial charge in [0.05, 0.1) is 13.2 Å². The fraction of sp³-hybridized carbons (Fsp3) is 0.500. The normalized spacial score (nSPS) is 17.2. The maximum absolute atomic E-state index is 11.9. The number of hydrogen-bond acceptors (Lipinski definition) is 3. The Balaban J connectivity index is 1.94. The summed E-state index contributed by atoms with van der Waals surface area (Å²) in [6.45, 7) is 6.04. The molecule has 0 aliphatic carbocycles. The molecule has 1 aliphatic rings. The van der Waals surface area contributed by atoms with Crippen molar-refractivity contribution in [3.63, 3.8) is 0 Å². The van der Waals surface area contributed by atoms with Gasteiger partial charge >= 0.3 is 0 Å². The van der Waals surface area contributed by atoms with E-state index in [-0.39, 0.29) is 12.5 Å². The van der Waals surface area contributed by atoms with Crippen molar-refractivity contribution in [1.82, 2.24) is 9.80 Å². The Hall–Kier alpha value is -1.39. The molecule has 1 heterocycles. The molecule has 2 rings (SSSR count). The Morgan fingerprint density at radius 2 is 1.83 bits per heavy atom. The van der Waals surface area contributed by atoms with Gasteiger partial charge in [0.2, 0.25) is 5.91 Å². The molecule has 0 atom stereocenters. The highest BCUT2D eigenvalue weighted by Crippen LogP contribution is 2.11. The molecule has 1 aliphatic heterocycles. The van der Waals surface area contributed by atoms with Crippen LogP contribution in [0.5, 0.6) is 0 Å². The molecule has 0 saturated carbocycles. The van der Waals surface area contributed by atoms with E-state index in [9.17, 15) is 4.79 Å². The topological polar surface area (TPSA) is 43.8 Å². The zero-order valence-electron chi connectivity index (χ0n) is 10.8. The van der Waals surface area contributed by atoms with Crippen LogP contribution >= 0.6 is 0 Å². The molecule has 4 heteroatoms. The van der Waals surface area contributed by atoms with Gasteiger partial charge in [-0.05, 0) is 17.7 Å². The molecular weight excluding hydrogens is 228 g/mol. The average Bonchev–Trinajstić information content (AvgIpc) is 2.42. The molecule has 0 radical (unpaired) electrons. The van der Waals surface area contributed by atoms with E-state index in [2.05, 4.69) is 11.8 Å². The Morgan fingerprint density at radius 1 is 1.17 bits per heavy atom. The van der Waals surface area contributed by atoms with Crippen LogP contribution in [0.4, 0.5) is 0 Å². The van der Waals surface area contributed by atoms with Crippen molar-refractivity contribution in [3.8, 4) is 0 Å². The fourth-order valence-corrected chi connectivity index (χ4v) is 2.16. The van der Waals surface area contributed by atoms with Gasteiger partial charge in [-0.1, -0.05) is 31.2 Å². The van der Waals surface area contributed by atoms with Crippen LogP contribution in [0.3, 0.4) is 0 Å². The molecule has 98 valence electrons. The highest BCUT2D eigenvalue weighted by molar-refractivity contribution is 5.79. The van der Waals surface area contributed by atoms with Crippen molar-refractivity contribution < 1.29 is 9.90 Å². The van der Waals surface area contributed by atoms with Crippen molar-refractivity contribution >= 4 is 5.91 Å². The molecule has 0 aromatic heterocycles. The number of aliphatic hydroxyl groups is 1. The fourth-order valence-electron chi connectivity index (χ4n) is 2.16. The maximum atomic E-state index is 11.9. The minimum absolute atomic E-state index is 0.0639. The van der Waals surface area contributed by atoms with Crippen LogP contribution < -0.4 is 0 Å². The number of carbonyl (C=O) groups is 1. The third-order valence-electron chi connectivity index (χ3n) is 3.42. The van der Waals surface area contributed by atoms with Crippen LogP contribution in [-0.2, 0) is 17.9 Å². The SMILES string of the molecule is CCN1CCN(Cc2ccc(CO)cc2)C(=O)C1. The number of hydrogen-bond donors (Lipinski definition) is 1. The zero-order chi connectivity index (χ0) is 13.0. The predicted octanol–water partition coefficient (Wildman–Crippen LogP) is 0.843. The molecule has 4 nitrogen and oxygen atoms in total. The van der Waals surface area contributed by atoms with Crippen LogP contribution in [0.15, 0.2) is 24.3 Å². The van der Waals surface area contributed by atoms with E-state index >= 15 is 0 Å². The summed E-state index contributed by atoms with van der Waals surface area (Å²) in [7, 11) is 0. The van der Waals surface area contributed by atoms with Crippen LogP contribution in [-0.4, -0.2) is 47.0 Å². The van der Waals surface area contributed by atoms with Gasteiger partial charge in [0, 0.05) is 19.6 Å². The molecule has 1 amide bonds. The first-order chi connectivity index (χ1) is 8.72. The number of likely N-dealkylation sites (N-methyl/N-ethyl adjacent to an activating group) is 1. The lowest BCUT2D eigenvalue weighted by Gasteiger charge is -2.33. The van der Waals surface area contributed by atoms with Crippen LogP contribution in [0.2, 0.25) is 0 Å². The van der Waals surface area contributed by atoms with E-state index in [0.29, 0.717) is 13.1 Å². The van der Waals surface area contributed by atoms with Gasteiger partial charge in [-0.3, -0.25) is 9.69 Å². The van der Waals surface area contributed by atoms with Gasteiger partial charge in [0.1, 0.15) is 0 Å². The van der Waals surface area contributed by atoms with Crippen molar-refractivity contribution in [2.75, 3.05) is 26.2 Å². The van der Waals surface area contributed by atoms with Gasteiger partial charge in [0.25, 0.3) is 0 Å². The summed E-state index contributed by atoms with van der Waals surface area (Å²) in [5, 5.41) is 8.98. The first-order valence-electron chi connectivity index (χ1n) is 6.41. The molecule has 1 fully saturated rings. The van der Waals surface area contributed by atoms with Crippen LogP contribution in [0.25, 0.3) is 0 Å². The monoisotopic (exact) mass is 248 g/mol. The van der Waals surface area contributed by atoms with Gasteiger partial charge in [-0.25, -0.2) is 0 Å². The third-order valence-corrected chi connectivity index (χ3v) is 3.42. The second kappa shape index (κ2) is 5.98. The second-order valence-corrected chi connectivity index (χ2v) is 4.66.